The molecule has 14 heteroatoms. The number of carbonyl (C=O) groups excluding carboxylic acids is 2. The van der Waals surface area contributed by atoms with E-state index in [9.17, 15) is 27.2 Å². The number of nitrogens with two attached hydrogens (primary N) is 2. The highest BCUT2D eigenvalue weighted by Crippen LogP contribution is 2.33. The maximum absolute atomic E-state index is 13.6. The van der Waals surface area contributed by atoms with Crippen LogP contribution < -0.4 is 11.5 Å². The van der Waals surface area contributed by atoms with E-state index < -0.39 is 34.8 Å². The van der Waals surface area contributed by atoms with Gasteiger partial charge in [-0.3, -0.25) is 9.59 Å². The third-order valence-electron chi connectivity index (χ3n) is 7.49. The minimum absolute atomic E-state index is 0.0545. The fraction of sp³-hybridized carbons (Fsp3) is 0. The number of anilines is 2. The Morgan fingerprint density at radius 1 is 0.426 bits per heavy atom. The molecule has 272 valence electrons. The Kier molecular flexibility index (Phi) is 13.5. The summed E-state index contributed by atoms with van der Waals surface area (Å²) in [6.45, 7) is 0. The van der Waals surface area contributed by atoms with Crippen molar-refractivity contribution in [1.29, 1.82) is 0 Å². The third-order valence-corrected chi connectivity index (χ3v) is 9.60. The van der Waals surface area contributed by atoms with Crippen molar-refractivity contribution in [3.8, 4) is 22.5 Å². The number of nitrogen functional groups attached to an aromatic ring is 2. The number of rotatable bonds is 5. The van der Waals surface area contributed by atoms with Crippen LogP contribution in [0.4, 0.5) is 28.9 Å². The van der Waals surface area contributed by atoms with Crippen LogP contribution in [0.1, 0.15) is 20.7 Å². The number of hydrogen-bond donors (Lipinski definition) is 2. The smallest absolute Gasteiger partial charge is 0.233 e. The van der Waals surface area contributed by atoms with Gasteiger partial charge in [0.25, 0.3) is 0 Å². The van der Waals surface area contributed by atoms with Gasteiger partial charge < -0.3 is 11.5 Å². The molecule has 0 amide bonds. The van der Waals surface area contributed by atoms with E-state index in [-0.39, 0.29) is 11.4 Å². The molecule has 6 nitrogen and oxygen atoms in total. The first-order chi connectivity index (χ1) is 25.7. The van der Waals surface area contributed by atoms with E-state index in [1.165, 1.54) is 0 Å². The van der Waals surface area contributed by atoms with E-state index >= 15 is 0 Å². The summed E-state index contributed by atoms with van der Waals surface area (Å²) in [4.78, 5) is 33.1. The van der Waals surface area contributed by atoms with Crippen LogP contribution in [0.5, 0.6) is 0 Å². The molecule has 7 aromatic rings. The topological polar surface area (TPSA) is 112 Å². The van der Waals surface area contributed by atoms with Gasteiger partial charge in [0.05, 0.1) is 33.8 Å². The van der Waals surface area contributed by atoms with Crippen LogP contribution in [0, 0.1) is 23.3 Å². The summed E-state index contributed by atoms with van der Waals surface area (Å²) in [7, 11) is 0. The molecule has 0 saturated carbocycles. The predicted molar refractivity (Wildman–Crippen MR) is 218 cm³/mol. The van der Waals surface area contributed by atoms with Crippen molar-refractivity contribution in [2.45, 2.75) is 0 Å². The standard InChI is InChI=1S/C20H10Br2F2N2.C14H8Br2O2.C6H6F2N2/c21-13-5-1-11(2-6-13)19-20(12-3-7-14(22)8-4-12)26-18-10-16(24)15(23)9-17(18)25-19;15-11-5-1-9(2-6-11)13(17)14(18)10-3-7-12(16)8-4-10;7-3-1-5(9)6(10)2-4(3)8/h1-10H;1-8H;1-2H,9-10H2. The quantitative estimate of drug-likeness (QED) is 0.0769. The minimum Gasteiger partial charge on any atom is -0.397 e. The lowest BCUT2D eigenvalue weighted by Gasteiger charge is -2.11. The van der Waals surface area contributed by atoms with E-state index in [0.29, 0.717) is 33.5 Å². The molecular formula is C40H24Br4F4N4O2. The molecule has 0 radical (unpaired) electrons. The average Bonchev–Trinajstić information content (AvgIpc) is 3.15. The van der Waals surface area contributed by atoms with E-state index in [1.54, 1.807) is 48.5 Å². The zero-order chi connectivity index (χ0) is 39.1. The molecule has 0 fully saturated rings. The molecule has 6 aromatic carbocycles. The van der Waals surface area contributed by atoms with Gasteiger partial charge >= 0.3 is 0 Å². The van der Waals surface area contributed by atoms with Gasteiger partial charge in [-0.15, -0.1) is 0 Å². The van der Waals surface area contributed by atoms with Crippen LogP contribution in [0.2, 0.25) is 0 Å². The molecule has 7 rings (SSSR count). The highest BCUT2D eigenvalue weighted by atomic mass is 79.9. The summed E-state index contributed by atoms with van der Waals surface area (Å²) in [6, 6.07) is 32.5. The Labute approximate surface area is 340 Å². The molecule has 1 aromatic heterocycles. The monoisotopic (exact) mass is 984 g/mol. The van der Waals surface area contributed by atoms with Gasteiger partial charge in [0.2, 0.25) is 11.6 Å². The first-order valence-electron chi connectivity index (χ1n) is 15.5. The minimum atomic E-state index is -0.980. The number of aromatic nitrogens is 2. The van der Waals surface area contributed by atoms with Crippen LogP contribution in [-0.2, 0) is 0 Å². The van der Waals surface area contributed by atoms with Gasteiger partial charge in [-0.2, -0.15) is 0 Å². The van der Waals surface area contributed by atoms with Crippen molar-refractivity contribution in [3.63, 3.8) is 0 Å². The molecule has 0 unspecified atom stereocenters. The number of hydrogen-bond acceptors (Lipinski definition) is 6. The zero-order valence-electron chi connectivity index (χ0n) is 27.4. The molecular weight excluding hydrogens is 964 g/mol. The highest BCUT2D eigenvalue weighted by molar-refractivity contribution is 9.11. The lowest BCUT2D eigenvalue weighted by molar-refractivity contribution is 0.0817. The normalized spacial score (nSPS) is 10.5. The second-order valence-electron chi connectivity index (χ2n) is 11.3. The first-order valence-corrected chi connectivity index (χ1v) is 18.7. The molecule has 0 saturated heterocycles. The number of fused-ring (bicyclic) bond motifs is 1. The van der Waals surface area contributed by atoms with Crippen molar-refractivity contribution in [2.24, 2.45) is 0 Å². The second-order valence-corrected chi connectivity index (χ2v) is 14.9. The molecule has 0 spiro atoms. The summed E-state index contributed by atoms with van der Waals surface area (Å²) >= 11 is 13.4. The van der Waals surface area contributed by atoms with Crippen molar-refractivity contribution in [3.05, 3.63) is 174 Å². The molecule has 1 heterocycles. The lowest BCUT2D eigenvalue weighted by Crippen LogP contribution is -2.14. The lowest BCUT2D eigenvalue weighted by atomic mass is 10.0. The number of Topliss-reactive ketones (excluding diaryl/α,β-unsaturated/α-hetero) is 2. The van der Waals surface area contributed by atoms with Gasteiger partial charge in [0, 0.05) is 64.4 Å². The van der Waals surface area contributed by atoms with Crippen LogP contribution in [0.15, 0.2) is 139 Å². The number of carbonyl (C=O) groups is 2. The van der Waals surface area contributed by atoms with Crippen molar-refractivity contribution < 1.29 is 27.2 Å². The van der Waals surface area contributed by atoms with Crippen molar-refractivity contribution >= 4 is 97.7 Å². The Morgan fingerprint density at radius 2 is 0.685 bits per heavy atom. The fourth-order valence-electron chi connectivity index (χ4n) is 4.71. The van der Waals surface area contributed by atoms with Gasteiger partial charge in [0.1, 0.15) is 0 Å². The van der Waals surface area contributed by atoms with Crippen molar-refractivity contribution in [1.82, 2.24) is 9.97 Å². The molecule has 0 atom stereocenters. The summed E-state index contributed by atoms with van der Waals surface area (Å²) in [5, 5.41) is 0. The fourth-order valence-corrected chi connectivity index (χ4v) is 5.77. The van der Waals surface area contributed by atoms with Gasteiger partial charge in [-0.25, -0.2) is 27.5 Å². The molecule has 0 bridgehead atoms. The number of benzene rings is 6. The molecule has 0 aliphatic rings. The van der Waals surface area contributed by atoms with E-state index in [4.69, 9.17) is 11.5 Å². The van der Waals surface area contributed by atoms with Gasteiger partial charge in [-0.1, -0.05) is 88.0 Å². The number of halogens is 8. The van der Waals surface area contributed by atoms with Crippen molar-refractivity contribution in [2.75, 3.05) is 11.5 Å². The molecule has 4 N–H and O–H groups in total. The Hall–Kier alpha value is -4.76. The maximum Gasteiger partial charge on any atom is 0.233 e. The second kappa shape index (κ2) is 18.0. The molecule has 0 aliphatic heterocycles. The Morgan fingerprint density at radius 3 is 0.981 bits per heavy atom. The first kappa shape index (κ1) is 40.4. The van der Waals surface area contributed by atoms with Crippen LogP contribution in [-0.4, -0.2) is 21.5 Å². The average molecular weight is 988 g/mol. The zero-order valence-corrected chi connectivity index (χ0v) is 33.8. The Bertz CT molecular complexity index is 2270. The van der Waals surface area contributed by atoms with E-state index in [1.807, 2.05) is 48.5 Å². The van der Waals surface area contributed by atoms with Gasteiger partial charge in [-0.05, 0) is 72.8 Å². The van der Waals surface area contributed by atoms with Gasteiger partial charge in [0.15, 0.2) is 23.3 Å². The Balaban J connectivity index is 0.000000173. The molecule has 54 heavy (non-hydrogen) atoms. The highest BCUT2D eigenvalue weighted by Gasteiger charge is 2.18. The molecule has 0 aliphatic carbocycles. The predicted octanol–water partition coefficient (Wildman–Crippen LogP) is 12.2. The van der Waals surface area contributed by atoms with Crippen LogP contribution in [0.25, 0.3) is 33.5 Å². The van der Waals surface area contributed by atoms with E-state index in [2.05, 4.69) is 73.7 Å². The summed E-state index contributed by atoms with van der Waals surface area (Å²) < 4.78 is 55.4. The summed E-state index contributed by atoms with van der Waals surface area (Å²) in [5.41, 5.74) is 14.7. The SMILES string of the molecule is Fc1cc2nc(-c3ccc(Br)cc3)c(-c3ccc(Br)cc3)nc2cc1F.Nc1cc(F)c(F)cc1N.O=C(C(=O)c1ccc(Br)cc1)c1ccc(Br)cc1. The largest absolute Gasteiger partial charge is 0.397 e. The number of ketones is 2. The number of nitrogens with zero attached hydrogens (tertiary/aromatic N) is 2. The van der Waals surface area contributed by atoms with E-state index in [0.717, 1.165) is 53.3 Å². The third kappa shape index (κ3) is 10.3. The maximum atomic E-state index is 13.6. The van der Waals surface area contributed by atoms with Crippen LogP contribution >= 0.6 is 63.7 Å². The summed E-state index contributed by atoms with van der Waals surface area (Å²) in [6.07, 6.45) is 0. The summed E-state index contributed by atoms with van der Waals surface area (Å²) in [5.74, 6) is -4.83. The van der Waals surface area contributed by atoms with Crippen LogP contribution in [0.3, 0.4) is 0 Å².